The van der Waals surface area contributed by atoms with E-state index >= 15 is 0 Å². The molecular weight excluding hydrogens is 356 g/mol. The van der Waals surface area contributed by atoms with E-state index in [-0.39, 0.29) is 11.7 Å². The van der Waals surface area contributed by atoms with Crippen molar-refractivity contribution < 1.29 is 4.79 Å². The van der Waals surface area contributed by atoms with Gasteiger partial charge in [0.25, 0.3) is 0 Å². The van der Waals surface area contributed by atoms with E-state index in [2.05, 4.69) is 31.3 Å². The summed E-state index contributed by atoms with van der Waals surface area (Å²) in [5, 5.41) is 7.54. The Kier molecular flexibility index (Phi) is 3.27. The van der Waals surface area contributed by atoms with Crippen molar-refractivity contribution in [3.63, 3.8) is 0 Å². The summed E-state index contributed by atoms with van der Waals surface area (Å²) in [6.45, 7) is 1.99. The molecule has 0 aromatic carbocycles. The van der Waals surface area contributed by atoms with Crippen LogP contribution in [0.1, 0.15) is 29.0 Å². The van der Waals surface area contributed by atoms with Crippen molar-refractivity contribution in [1.29, 1.82) is 0 Å². The van der Waals surface area contributed by atoms with Crippen LogP contribution < -0.4 is 5.32 Å². The number of rotatable bonds is 2. The topological polar surface area (TPSA) is 59.3 Å². The highest BCUT2D eigenvalue weighted by molar-refractivity contribution is 9.10. The monoisotopic (exact) mass is 368 g/mol. The number of allylic oxidation sites excluding steroid dienone is 1. The van der Waals surface area contributed by atoms with Gasteiger partial charge < -0.3 is 5.32 Å². The van der Waals surface area contributed by atoms with Crippen LogP contribution in [0.25, 0.3) is 5.52 Å². The van der Waals surface area contributed by atoms with E-state index in [1.807, 2.05) is 37.4 Å². The van der Waals surface area contributed by atoms with E-state index in [1.165, 1.54) is 0 Å². The summed E-state index contributed by atoms with van der Waals surface area (Å²) < 4.78 is 2.61. The van der Waals surface area contributed by atoms with Gasteiger partial charge in [0.1, 0.15) is 5.69 Å². The molecule has 0 fully saturated rings. The molecular formula is C17H13BrN4O. The lowest BCUT2D eigenvalue weighted by molar-refractivity contribution is 0.102. The molecule has 1 N–H and O–H groups in total. The molecule has 23 heavy (non-hydrogen) atoms. The molecule has 0 saturated carbocycles. The highest BCUT2D eigenvalue weighted by Crippen LogP contribution is 2.33. The number of pyridine rings is 2. The lowest BCUT2D eigenvalue weighted by Gasteiger charge is -2.22. The number of carbonyl (C=O) groups excluding carboxylic acids is 1. The number of aromatic nitrogens is 3. The van der Waals surface area contributed by atoms with Crippen LogP contribution in [0.3, 0.4) is 0 Å². The van der Waals surface area contributed by atoms with Gasteiger partial charge in [-0.05, 0) is 46.3 Å². The van der Waals surface area contributed by atoms with Crippen LogP contribution in [0.2, 0.25) is 0 Å². The van der Waals surface area contributed by atoms with Gasteiger partial charge in [-0.25, -0.2) is 4.52 Å². The Morgan fingerprint density at radius 1 is 1.35 bits per heavy atom. The number of halogens is 1. The quantitative estimate of drug-likeness (QED) is 0.699. The molecule has 0 saturated heterocycles. The fraction of sp³-hybridized carbons (Fsp3) is 0.118. The second kappa shape index (κ2) is 5.31. The summed E-state index contributed by atoms with van der Waals surface area (Å²) >= 11 is 3.41. The third-order valence-corrected chi connectivity index (χ3v) is 4.49. The number of anilines is 1. The summed E-state index contributed by atoms with van der Waals surface area (Å²) in [5.74, 6) is -0.155. The van der Waals surface area contributed by atoms with E-state index in [0.29, 0.717) is 11.3 Å². The summed E-state index contributed by atoms with van der Waals surface area (Å²) in [5.41, 5.74) is 3.80. The van der Waals surface area contributed by atoms with Crippen LogP contribution in [0, 0.1) is 0 Å². The average Bonchev–Trinajstić information content (AvgIpc) is 2.98. The number of Topliss-reactive ketones (excluding diaryl/α,β-unsaturated/α-hetero) is 1. The Morgan fingerprint density at radius 2 is 2.22 bits per heavy atom. The lowest BCUT2D eigenvalue weighted by Crippen LogP contribution is -2.18. The Bertz CT molecular complexity index is 960. The first kappa shape index (κ1) is 14.1. The predicted octanol–water partition coefficient (Wildman–Crippen LogP) is 3.79. The molecule has 0 radical (unpaired) electrons. The summed E-state index contributed by atoms with van der Waals surface area (Å²) in [7, 11) is 0. The number of nitrogens with zero attached hydrogens (tertiary/aromatic N) is 3. The molecule has 4 rings (SSSR count). The van der Waals surface area contributed by atoms with Gasteiger partial charge in [-0.2, -0.15) is 5.10 Å². The van der Waals surface area contributed by atoms with Crippen LogP contribution >= 0.6 is 15.9 Å². The van der Waals surface area contributed by atoms with Gasteiger partial charge in [0.2, 0.25) is 5.78 Å². The van der Waals surface area contributed by atoms with Crippen LogP contribution in [0.5, 0.6) is 0 Å². The molecule has 114 valence electrons. The van der Waals surface area contributed by atoms with E-state index in [9.17, 15) is 4.79 Å². The van der Waals surface area contributed by atoms with Crippen molar-refractivity contribution in [3.8, 4) is 0 Å². The number of carbonyl (C=O) groups is 1. The normalized spacial score (nSPS) is 16.6. The van der Waals surface area contributed by atoms with Gasteiger partial charge in [-0.1, -0.05) is 6.92 Å². The van der Waals surface area contributed by atoms with Gasteiger partial charge in [0.05, 0.1) is 16.9 Å². The maximum Gasteiger partial charge on any atom is 0.211 e. The maximum absolute atomic E-state index is 12.9. The number of hydrogen-bond acceptors (Lipinski definition) is 4. The molecule has 1 atom stereocenters. The summed E-state index contributed by atoms with van der Waals surface area (Å²) in [4.78, 5) is 17.2. The standard InChI is InChI=1S/C17H13BrN4O/c1-10-13(8-20-14-3-2-6-19-16(10)14)17(23)15-7-12-5-4-11(18)9-22(12)21-15/h2-10,20H,1H3. The summed E-state index contributed by atoms with van der Waals surface area (Å²) in [6, 6.07) is 9.48. The number of hydrogen-bond donors (Lipinski definition) is 1. The molecule has 6 heteroatoms. The average molecular weight is 369 g/mol. The fourth-order valence-corrected chi connectivity index (χ4v) is 3.12. The van der Waals surface area contributed by atoms with Crippen LogP contribution in [0.15, 0.2) is 59.0 Å². The molecule has 0 bridgehead atoms. The first-order valence-corrected chi connectivity index (χ1v) is 8.04. The van der Waals surface area contributed by atoms with Crippen LogP contribution in [-0.4, -0.2) is 20.4 Å². The third kappa shape index (κ3) is 2.35. The van der Waals surface area contributed by atoms with E-state index in [0.717, 1.165) is 21.4 Å². The van der Waals surface area contributed by atoms with Gasteiger partial charge in [0.15, 0.2) is 0 Å². The predicted molar refractivity (Wildman–Crippen MR) is 91.6 cm³/mol. The molecule has 4 heterocycles. The van der Waals surface area contributed by atoms with Crippen molar-refractivity contribution in [2.75, 3.05) is 5.32 Å². The van der Waals surface area contributed by atoms with E-state index < -0.39 is 0 Å². The van der Waals surface area contributed by atoms with Gasteiger partial charge in [-0.3, -0.25) is 9.78 Å². The number of fused-ring (bicyclic) bond motifs is 2. The molecule has 3 aromatic heterocycles. The SMILES string of the molecule is CC1C(C(=O)c2cc3ccc(Br)cn3n2)=CNc2cccnc21. The molecule has 1 unspecified atom stereocenters. The van der Waals surface area contributed by atoms with Gasteiger partial charge in [0, 0.05) is 34.6 Å². The second-order valence-corrected chi connectivity index (χ2v) is 6.39. The van der Waals surface area contributed by atoms with Crippen molar-refractivity contribution in [2.24, 2.45) is 0 Å². The zero-order valence-electron chi connectivity index (χ0n) is 12.3. The van der Waals surface area contributed by atoms with Crippen molar-refractivity contribution in [3.05, 3.63) is 70.4 Å². The lowest BCUT2D eigenvalue weighted by atomic mass is 9.90. The second-order valence-electron chi connectivity index (χ2n) is 5.48. The third-order valence-electron chi connectivity index (χ3n) is 4.02. The molecule has 0 amide bonds. The minimum absolute atomic E-state index is 0.0727. The van der Waals surface area contributed by atoms with Gasteiger partial charge in [-0.15, -0.1) is 0 Å². The highest BCUT2D eigenvalue weighted by Gasteiger charge is 2.27. The Morgan fingerprint density at radius 3 is 3.09 bits per heavy atom. The minimum atomic E-state index is -0.0823. The van der Waals surface area contributed by atoms with Crippen LogP contribution in [0.4, 0.5) is 5.69 Å². The first-order valence-electron chi connectivity index (χ1n) is 7.24. The Balaban J connectivity index is 1.72. The van der Waals surface area contributed by atoms with Crippen molar-refractivity contribution in [1.82, 2.24) is 14.6 Å². The summed E-state index contributed by atoms with van der Waals surface area (Å²) in [6.07, 6.45) is 5.34. The Labute approximate surface area is 141 Å². The molecule has 0 spiro atoms. The molecule has 1 aliphatic heterocycles. The molecule has 5 nitrogen and oxygen atoms in total. The molecule has 1 aliphatic rings. The van der Waals surface area contributed by atoms with E-state index in [4.69, 9.17) is 0 Å². The fourth-order valence-electron chi connectivity index (χ4n) is 2.80. The van der Waals surface area contributed by atoms with Crippen molar-refractivity contribution >= 4 is 32.9 Å². The van der Waals surface area contributed by atoms with Gasteiger partial charge >= 0.3 is 0 Å². The first-order chi connectivity index (χ1) is 11.1. The zero-order valence-corrected chi connectivity index (χ0v) is 13.9. The maximum atomic E-state index is 12.9. The van der Waals surface area contributed by atoms with Crippen molar-refractivity contribution in [2.45, 2.75) is 12.8 Å². The molecule has 0 aliphatic carbocycles. The Hall–Kier alpha value is -2.47. The highest BCUT2D eigenvalue weighted by atomic mass is 79.9. The number of ketones is 1. The smallest absolute Gasteiger partial charge is 0.211 e. The van der Waals surface area contributed by atoms with Crippen LogP contribution in [-0.2, 0) is 0 Å². The minimum Gasteiger partial charge on any atom is -0.360 e. The molecule has 3 aromatic rings. The van der Waals surface area contributed by atoms with E-state index in [1.54, 1.807) is 23.0 Å². The number of nitrogens with one attached hydrogen (secondary N) is 1. The zero-order chi connectivity index (χ0) is 16.0. The largest absolute Gasteiger partial charge is 0.360 e.